The van der Waals surface area contributed by atoms with Crippen LogP contribution in [0.25, 0.3) is 0 Å². The Labute approximate surface area is 144 Å². The topological polar surface area (TPSA) is 58.6 Å². The molecule has 5 heteroatoms. The molecular formula is C19H28N2O3. The second-order valence-corrected chi connectivity index (χ2v) is 7.26. The van der Waals surface area contributed by atoms with Gasteiger partial charge in [0, 0.05) is 18.5 Å². The van der Waals surface area contributed by atoms with Crippen LogP contribution >= 0.6 is 0 Å². The van der Waals surface area contributed by atoms with Gasteiger partial charge in [-0.15, -0.1) is 0 Å². The van der Waals surface area contributed by atoms with Crippen LogP contribution in [-0.2, 0) is 9.59 Å². The molecular weight excluding hydrogens is 304 g/mol. The van der Waals surface area contributed by atoms with E-state index in [0.717, 1.165) is 19.4 Å². The molecule has 0 aromatic heterocycles. The molecule has 1 saturated heterocycles. The van der Waals surface area contributed by atoms with E-state index in [4.69, 9.17) is 4.74 Å². The van der Waals surface area contributed by atoms with Crippen LogP contribution in [0.15, 0.2) is 24.3 Å². The fraction of sp³-hybridized carbons (Fsp3) is 0.579. The third kappa shape index (κ3) is 4.49. The van der Waals surface area contributed by atoms with Crippen LogP contribution < -0.4 is 10.1 Å². The summed E-state index contributed by atoms with van der Waals surface area (Å²) < 4.78 is 5.55. The van der Waals surface area contributed by atoms with E-state index in [1.54, 1.807) is 0 Å². The zero-order valence-electron chi connectivity index (χ0n) is 15.1. The Morgan fingerprint density at radius 1 is 1.29 bits per heavy atom. The Morgan fingerprint density at radius 3 is 2.67 bits per heavy atom. The molecule has 1 unspecified atom stereocenters. The first-order chi connectivity index (χ1) is 11.3. The molecule has 0 aliphatic carbocycles. The molecule has 5 nitrogen and oxygen atoms in total. The number of hydrogen-bond acceptors (Lipinski definition) is 3. The summed E-state index contributed by atoms with van der Waals surface area (Å²) in [6.07, 6.45) is 1.66. The summed E-state index contributed by atoms with van der Waals surface area (Å²) in [6, 6.07) is 7.43. The lowest BCUT2D eigenvalue weighted by molar-refractivity contribution is -0.142. The minimum atomic E-state index is -0.417. The fourth-order valence-electron chi connectivity index (χ4n) is 2.94. The maximum absolute atomic E-state index is 12.6. The van der Waals surface area contributed by atoms with E-state index in [-0.39, 0.29) is 17.7 Å². The standard InChI is InChI=1S/C19H28N2O3/c1-5-24-16-11-7-6-10-15(16)20-17(22)14-9-8-12-21(13-14)18(23)19(2,3)4/h6-7,10-11,14H,5,8-9,12-13H2,1-4H3,(H,20,22). The Morgan fingerprint density at radius 2 is 2.00 bits per heavy atom. The van der Waals surface area contributed by atoms with Crippen LogP contribution in [0.1, 0.15) is 40.5 Å². The largest absolute Gasteiger partial charge is 0.492 e. The molecule has 1 fully saturated rings. The van der Waals surface area contributed by atoms with Crippen LogP contribution in [0.2, 0.25) is 0 Å². The van der Waals surface area contributed by atoms with Crippen molar-refractivity contribution >= 4 is 17.5 Å². The van der Waals surface area contributed by atoms with Gasteiger partial charge in [-0.25, -0.2) is 0 Å². The van der Waals surface area contributed by atoms with E-state index in [2.05, 4.69) is 5.32 Å². The lowest BCUT2D eigenvalue weighted by Crippen LogP contribution is -2.47. The number of rotatable bonds is 4. The fourth-order valence-corrected chi connectivity index (χ4v) is 2.94. The number of piperidine rings is 1. The van der Waals surface area contributed by atoms with Crippen molar-refractivity contribution in [3.8, 4) is 5.75 Å². The van der Waals surface area contributed by atoms with Crippen molar-refractivity contribution in [2.75, 3.05) is 25.0 Å². The van der Waals surface area contributed by atoms with Crippen LogP contribution in [0.5, 0.6) is 5.75 Å². The van der Waals surface area contributed by atoms with Gasteiger partial charge in [0.2, 0.25) is 11.8 Å². The van der Waals surface area contributed by atoms with E-state index >= 15 is 0 Å². The molecule has 1 aliphatic heterocycles. The maximum atomic E-state index is 12.6. The van der Waals surface area contributed by atoms with Gasteiger partial charge in [-0.3, -0.25) is 9.59 Å². The van der Waals surface area contributed by atoms with Crippen molar-refractivity contribution in [2.24, 2.45) is 11.3 Å². The van der Waals surface area contributed by atoms with E-state index in [1.807, 2.05) is 56.9 Å². The minimum absolute atomic E-state index is 0.0476. The highest BCUT2D eigenvalue weighted by Crippen LogP contribution is 2.27. The molecule has 1 aromatic rings. The lowest BCUT2D eigenvalue weighted by Gasteiger charge is -2.35. The van der Waals surface area contributed by atoms with E-state index in [0.29, 0.717) is 24.6 Å². The van der Waals surface area contributed by atoms with Crippen LogP contribution in [0, 0.1) is 11.3 Å². The highest BCUT2D eigenvalue weighted by molar-refractivity contribution is 5.94. The third-order valence-electron chi connectivity index (χ3n) is 4.17. The zero-order chi connectivity index (χ0) is 17.7. The summed E-state index contributed by atoms with van der Waals surface area (Å²) in [7, 11) is 0. The SMILES string of the molecule is CCOc1ccccc1NC(=O)C1CCCN(C(=O)C(C)(C)C)C1. The molecule has 0 spiro atoms. The van der Waals surface area contributed by atoms with Gasteiger partial charge in [0.25, 0.3) is 0 Å². The van der Waals surface area contributed by atoms with Gasteiger partial charge in [-0.1, -0.05) is 32.9 Å². The molecule has 0 bridgehead atoms. The molecule has 1 atom stereocenters. The Balaban J connectivity index is 2.04. The Hall–Kier alpha value is -2.04. The zero-order valence-corrected chi connectivity index (χ0v) is 15.1. The molecule has 1 aliphatic rings. The van der Waals surface area contributed by atoms with Gasteiger partial charge in [-0.2, -0.15) is 0 Å². The maximum Gasteiger partial charge on any atom is 0.229 e. The summed E-state index contributed by atoms with van der Waals surface area (Å²) in [5.74, 6) is 0.551. The number of benzene rings is 1. The van der Waals surface area contributed by atoms with Crippen molar-refractivity contribution in [3.63, 3.8) is 0 Å². The Kier molecular flexibility index (Phi) is 5.86. The number of nitrogens with one attached hydrogen (secondary N) is 1. The first kappa shape index (κ1) is 18.3. The van der Waals surface area contributed by atoms with Crippen molar-refractivity contribution in [3.05, 3.63) is 24.3 Å². The average molecular weight is 332 g/mol. The highest BCUT2D eigenvalue weighted by atomic mass is 16.5. The summed E-state index contributed by atoms with van der Waals surface area (Å²) in [5, 5.41) is 2.96. The number of carbonyl (C=O) groups is 2. The first-order valence-corrected chi connectivity index (χ1v) is 8.65. The number of amides is 2. The van der Waals surface area contributed by atoms with Gasteiger partial charge in [0.1, 0.15) is 5.75 Å². The van der Waals surface area contributed by atoms with Gasteiger partial charge in [-0.05, 0) is 31.9 Å². The van der Waals surface area contributed by atoms with Gasteiger partial charge < -0.3 is 15.0 Å². The number of hydrogen-bond donors (Lipinski definition) is 1. The summed E-state index contributed by atoms with van der Waals surface area (Å²) in [4.78, 5) is 26.9. The predicted molar refractivity (Wildman–Crippen MR) is 95.0 cm³/mol. The highest BCUT2D eigenvalue weighted by Gasteiger charge is 2.33. The number of anilines is 1. The molecule has 0 radical (unpaired) electrons. The normalized spacial score (nSPS) is 18.2. The van der Waals surface area contributed by atoms with Gasteiger partial charge >= 0.3 is 0 Å². The van der Waals surface area contributed by atoms with E-state index in [9.17, 15) is 9.59 Å². The quantitative estimate of drug-likeness (QED) is 0.920. The summed E-state index contributed by atoms with van der Waals surface area (Å²) in [6.45, 7) is 9.42. The number of ether oxygens (including phenoxy) is 1. The van der Waals surface area contributed by atoms with Crippen LogP contribution in [0.4, 0.5) is 5.69 Å². The van der Waals surface area contributed by atoms with Crippen molar-refractivity contribution < 1.29 is 14.3 Å². The molecule has 0 saturated carbocycles. The number of carbonyl (C=O) groups excluding carboxylic acids is 2. The van der Waals surface area contributed by atoms with Crippen LogP contribution in [-0.4, -0.2) is 36.4 Å². The number of likely N-dealkylation sites (tertiary alicyclic amines) is 1. The second-order valence-electron chi connectivity index (χ2n) is 7.26. The van der Waals surface area contributed by atoms with Crippen molar-refractivity contribution in [1.29, 1.82) is 0 Å². The average Bonchev–Trinajstić information content (AvgIpc) is 2.55. The number of para-hydroxylation sites is 2. The third-order valence-corrected chi connectivity index (χ3v) is 4.17. The summed E-state index contributed by atoms with van der Waals surface area (Å²) in [5.41, 5.74) is 0.267. The smallest absolute Gasteiger partial charge is 0.229 e. The molecule has 1 heterocycles. The van der Waals surface area contributed by atoms with Crippen molar-refractivity contribution in [1.82, 2.24) is 4.90 Å². The molecule has 132 valence electrons. The lowest BCUT2D eigenvalue weighted by atomic mass is 9.91. The van der Waals surface area contributed by atoms with E-state index < -0.39 is 5.41 Å². The molecule has 2 rings (SSSR count). The minimum Gasteiger partial charge on any atom is -0.492 e. The van der Waals surface area contributed by atoms with Gasteiger partial charge in [0.15, 0.2) is 0 Å². The number of nitrogens with zero attached hydrogens (tertiary/aromatic N) is 1. The summed E-state index contributed by atoms with van der Waals surface area (Å²) >= 11 is 0. The molecule has 1 aromatic carbocycles. The monoisotopic (exact) mass is 332 g/mol. The first-order valence-electron chi connectivity index (χ1n) is 8.65. The Bertz CT molecular complexity index is 593. The molecule has 24 heavy (non-hydrogen) atoms. The predicted octanol–water partition coefficient (Wildman–Crippen LogP) is 3.31. The van der Waals surface area contributed by atoms with Gasteiger partial charge in [0.05, 0.1) is 18.2 Å². The van der Waals surface area contributed by atoms with E-state index in [1.165, 1.54) is 0 Å². The molecule has 1 N–H and O–H groups in total. The molecule has 2 amide bonds. The van der Waals surface area contributed by atoms with Crippen LogP contribution in [0.3, 0.4) is 0 Å². The second kappa shape index (κ2) is 7.69. The van der Waals surface area contributed by atoms with Crippen molar-refractivity contribution in [2.45, 2.75) is 40.5 Å².